The molecule has 0 amide bonds. The lowest BCUT2D eigenvalue weighted by molar-refractivity contribution is -0.124. The van der Waals surface area contributed by atoms with Gasteiger partial charge in [0.05, 0.1) is 25.0 Å². The van der Waals surface area contributed by atoms with Crippen LogP contribution in [-0.2, 0) is 21.3 Å². The van der Waals surface area contributed by atoms with Crippen molar-refractivity contribution in [3.05, 3.63) is 16.6 Å². The molecule has 2 unspecified atom stereocenters. The van der Waals surface area contributed by atoms with E-state index in [0.717, 1.165) is 24.6 Å². The fraction of sp³-hybridized carbons (Fsp3) is 0.727. The molecule has 0 spiro atoms. The first-order valence-electron chi connectivity index (χ1n) is 6.22. The van der Waals surface area contributed by atoms with E-state index in [9.17, 15) is 8.42 Å². The molecule has 2 aliphatic heterocycles. The third-order valence-electron chi connectivity index (χ3n) is 3.43. The van der Waals surface area contributed by atoms with E-state index in [4.69, 9.17) is 4.74 Å². The van der Waals surface area contributed by atoms with E-state index < -0.39 is 10.0 Å². The Bertz CT molecular complexity index is 517. The molecule has 0 aromatic carbocycles. The van der Waals surface area contributed by atoms with Crippen molar-refractivity contribution >= 4 is 21.4 Å². The van der Waals surface area contributed by atoms with Crippen molar-refractivity contribution < 1.29 is 13.2 Å². The second-order valence-corrected chi connectivity index (χ2v) is 8.04. The van der Waals surface area contributed by atoms with Gasteiger partial charge >= 0.3 is 0 Å². The molecule has 8 heteroatoms. The minimum absolute atomic E-state index is 0.0258. The third kappa shape index (κ3) is 3.14. The molecule has 2 atom stereocenters. The number of rotatable bonds is 3. The number of ether oxygens (including phenoxy) is 1. The van der Waals surface area contributed by atoms with Crippen LogP contribution in [0.15, 0.2) is 11.6 Å². The average Bonchev–Trinajstić information content (AvgIpc) is 2.79. The second-order valence-electron chi connectivity index (χ2n) is 5.08. The summed E-state index contributed by atoms with van der Waals surface area (Å²) in [6.07, 6.45) is 3.03. The Labute approximate surface area is 117 Å². The fourth-order valence-corrected chi connectivity index (χ4v) is 4.19. The minimum Gasteiger partial charge on any atom is -0.370 e. The summed E-state index contributed by atoms with van der Waals surface area (Å²) >= 11 is 1.65. The van der Waals surface area contributed by atoms with Gasteiger partial charge in [-0.15, -0.1) is 11.3 Å². The Morgan fingerprint density at radius 2 is 2.05 bits per heavy atom. The van der Waals surface area contributed by atoms with Gasteiger partial charge in [0.2, 0.25) is 10.0 Å². The van der Waals surface area contributed by atoms with Crippen LogP contribution >= 0.6 is 11.3 Å². The highest BCUT2D eigenvalue weighted by Crippen LogP contribution is 2.22. The van der Waals surface area contributed by atoms with Crippen molar-refractivity contribution in [2.24, 2.45) is 0 Å². The number of nitrogens with zero attached hydrogens (tertiary/aromatic N) is 3. The molecule has 2 saturated heterocycles. The Balaban J connectivity index is 1.65. The molecule has 2 aliphatic rings. The summed E-state index contributed by atoms with van der Waals surface area (Å²) in [5.41, 5.74) is 0. The molecule has 0 N–H and O–H groups in total. The lowest BCUT2D eigenvalue weighted by Gasteiger charge is -2.44. The predicted octanol–water partition coefficient (Wildman–Crippen LogP) is -0.0123. The summed E-state index contributed by atoms with van der Waals surface area (Å²) in [4.78, 5) is 6.59. The zero-order chi connectivity index (χ0) is 13.5. The molecule has 2 fully saturated rings. The Morgan fingerprint density at radius 3 is 2.58 bits per heavy atom. The molecule has 3 heterocycles. The van der Waals surface area contributed by atoms with E-state index in [1.54, 1.807) is 11.3 Å². The smallest absolute Gasteiger partial charge is 0.211 e. The number of morpholine rings is 2. The summed E-state index contributed by atoms with van der Waals surface area (Å²) in [5, 5.41) is 3.07. The quantitative estimate of drug-likeness (QED) is 0.786. The maximum atomic E-state index is 11.6. The van der Waals surface area contributed by atoms with E-state index in [0.29, 0.717) is 13.1 Å². The van der Waals surface area contributed by atoms with Gasteiger partial charge in [-0.2, -0.15) is 4.31 Å². The molecule has 2 bridgehead atoms. The van der Waals surface area contributed by atoms with E-state index in [1.807, 2.05) is 11.6 Å². The summed E-state index contributed by atoms with van der Waals surface area (Å²) in [7, 11) is -3.11. The monoisotopic (exact) mass is 303 g/mol. The standard InChI is InChI=1S/C11H17N3O3S2/c1-19(15,16)14-6-9-4-13(5-10(7-14)17-9)8-11-12-2-3-18-11/h2-3,9-10H,4-8H2,1H3. The number of aromatic nitrogens is 1. The van der Waals surface area contributed by atoms with Gasteiger partial charge in [-0.3, -0.25) is 4.90 Å². The van der Waals surface area contributed by atoms with Crippen molar-refractivity contribution in [1.29, 1.82) is 0 Å². The normalized spacial score (nSPS) is 29.5. The van der Waals surface area contributed by atoms with Crippen LogP contribution in [-0.4, -0.2) is 67.2 Å². The van der Waals surface area contributed by atoms with Gasteiger partial charge in [0.25, 0.3) is 0 Å². The summed E-state index contributed by atoms with van der Waals surface area (Å²) < 4.78 is 30.6. The summed E-state index contributed by atoms with van der Waals surface area (Å²) in [5.74, 6) is 0. The van der Waals surface area contributed by atoms with Crippen LogP contribution in [0.4, 0.5) is 0 Å². The molecule has 106 valence electrons. The average molecular weight is 303 g/mol. The minimum atomic E-state index is -3.11. The number of sulfonamides is 1. The molecule has 19 heavy (non-hydrogen) atoms. The Kier molecular flexibility index (Phi) is 3.61. The first-order chi connectivity index (χ1) is 9.00. The predicted molar refractivity (Wildman–Crippen MR) is 72.5 cm³/mol. The highest BCUT2D eigenvalue weighted by molar-refractivity contribution is 7.88. The van der Waals surface area contributed by atoms with Gasteiger partial charge in [-0.05, 0) is 0 Å². The lowest BCUT2D eigenvalue weighted by atomic mass is 10.1. The van der Waals surface area contributed by atoms with Gasteiger partial charge in [0, 0.05) is 37.8 Å². The molecular formula is C11H17N3O3S2. The van der Waals surface area contributed by atoms with Crippen molar-refractivity contribution in [3.63, 3.8) is 0 Å². The maximum absolute atomic E-state index is 11.6. The molecule has 0 saturated carbocycles. The third-order valence-corrected chi connectivity index (χ3v) is 5.44. The summed E-state index contributed by atoms with van der Waals surface area (Å²) in [6.45, 7) is 3.28. The van der Waals surface area contributed by atoms with Crippen LogP contribution in [0.1, 0.15) is 5.01 Å². The fourth-order valence-electron chi connectivity index (χ4n) is 2.66. The molecule has 6 nitrogen and oxygen atoms in total. The molecular weight excluding hydrogens is 286 g/mol. The molecule has 1 aromatic heterocycles. The van der Waals surface area contributed by atoms with Crippen LogP contribution in [0.2, 0.25) is 0 Å². The first-order valence-corrected chi connectivity index (χ1v) is 8.95. The van der Waals surface area contributed by atoms with E-state index >= 15 is 0 Å². The number of thiazole rings is 1. The van der Waals surface area contributed by atoms with Gasteiger partial charge in [0.15, 0.2) is 0 Å². The molecule has 1 aromatic rings. The first kappa shape index (κ1) is 13.4. The van der Waals surface area contributed by atoms with E-state index in [1.165, 1.54) is 10.6 Å². The Hall–Kier alpha value is -0.540. The zero-order valence-electron chi connectivity index (χ0n) is 10.7. The molecule has 0 aliphatic carbocycles. The van der Waals surface area contributed by atoms with Crippen LogP contribution < -0.4 is 0 Å². The SMILES string of the molecule is CS(=O)(=O)N1CC2CN(Cc3nccs3)CC(C1)O2. The van der Waals surface area contributed by atoms with Gasteiger partial charge < -0.3 is 4.74 Å². The van der Waals surface area contributed by atoms with Gasteiger partial charge in [0.1, 0.15) is 5.01 Å². The van der Waals surface area contributed by atoms with E-state index in [-0.39, 0.29) is 12.2 Å². The van der Waals surface area contributed by atoms with Gasteiger partial charge in [-0.25, -0.2) is 13.4 Å². The summed E-state index contributed by atoms with van der Waals surface area (Å²) in [6, 6.07) is 0. The zero-order valence-corrected chi connectivity index (χ0v) is 12.4. The number of hydrogen-bond acceptors (Lipinski definition) is 6. The van der Waals surface area contributed by atoms with Crippen LogP contribution in [0.25, 0.3) is 0 Å². The topological polar surface area (TPSA) is 62.7 Å². The van der Waals surface area contributed by atoms with Crippen molar-refractivity contribution in [3.8, 4) is 0 Å². The van der Waals surface area contributed by atoms with Crippen LogP contribution in [0.3, 0.4) is 0 Å². The molecule has 0 radical (unpaired) electrons. The van der Waals surface area contributed by atoms with Crippen LogP contribution in [0.5, 0.6) is 0 Å². The lowest BCUT2D eigenvalue weighted by Crippen LogP contribution is -2.60. The maximum Gasteiger partial charge on any atom is 0.211 e. The van der Waals surface area contributed by atoms with Crippen molar-refractivity contribution in [1.82, 2.24) is 14.2 Å². The molecule has 3 rings (SSSR count). The highest BCUT2D eigenvalue weighted by atomic mass is 32.2. The number of fused-ring (bicyclic) bond motifs is 2. The number of hydrogen-bond donors (Lipinski definition) is 0. The second kappa shape index (κ2) is 5.10. The van der Waals surface area contributed by atoms with Crippen molar-refractivity contribution in [2.45, 2.75) is 18.8 Å². The largest absolute Gasteiger partial charge is 0.370 e. The van der Waals surface area contributed by atoms with Crippen molar-refractivity contribution in [2.75, 3.05) is 32.4 Å². The van der Waals surface area contributed by atoms with Crippen LogP contribution in [0, 0.1) is 0 Å². The Morgan fingerprint density at radius 1 is 1.37 bits per heavy atom. The highest BCUT2D eigenvalue weighted by Gasteiger charge is 2.37. The van der Waals surface area contributed by atoms with E-state index in [2.05, 4.69) is 9.88 Å². The van der Waals surface area contributed by atoms with Gasteiger partial charge in [-0.1, -0.05) is 0 Å².